The lowest BCUT2D eigenvalue weighted by Gasteiger charge is -2.44. The monoisotopic (exact) mass is 373 g/mol. The predicted molar refractivity (Wildman–Crippen MR) is 106 cm³/mol. The van der Waals surface area contributed by atoms with Gasteiger partial charge in [0.1, 0.15) is 0 Å². The van der Waals surface area contributed by atoms with E-state index < -0.39 is 22.8 Å². The van der Waals surface area contributed by atoms with Crippen LogP contribution in [0.4, 0.5) is 0 Å². The van der Waals surface area contributed by atoms with Crippen LogP contribution in [0.3, 0.4) is 0 Å². The molecule has 0 spiro atoms. The smallest absolute Gasteiger partial charge is 0.304 e. The normalized spacial score (nSPS) is 13.7. The minimum Gasteiger partial charge on any atom is -0.550 e. The van der Waals surface area contributed by atoms with Crippen molar-refractivity contribution < 1.29 is 19.8 Å². The van der Waals surface area contributed by atoms with Crippen LogP contribution in [0.2, 0.25) is 0 Å². The van der Waals surface area contributed by atoms with E-state index in [2.05, 4.69) is 6.92 Å². The van der Waals surface area contributed by atoms with Crippen molar-refractivity contribution >= 4 is 11.9 Å². The van der Waals surface area contributed by atoms with Gasteiger partial charge >= 0.3 is 5.97 Å². The van der Waals surface area contributed by atoms with Crippen LogP contribution in [0, 0.1) is 10.8 Å². The third-order valence-corrected chi connectivity index (χ3v) is 5.85. The van der Waals surface area contributed by atoms with Gasteiger partial charge in [0.25, 0.3) is 0 Å². The van der Waals surface area contributed by atoms with Gasteiger partial charge in [-0.1, -0.05) is 98.3 Å². The largest absolute Gasteiger partial charge is 0.550 e. The van der Waals surface area contributed by atoms with Crippen LogP contribution in [-0.2, 0) is 9.59 Å². The molecule has 0 saturated carbocycles. The van der Waals surface area contributed by atoms with Gasteiger partial charge in [0.15, 0.2) is 0 Å². The Hall–Kier alpha value is -1.10. The second kappa shape index (κ2) is 14.0. The number of quaternary nitrogens is 1. The SMILES string of the molecule is CCCCCCCCCCCCCC(C)(C)C(C)(CC(=O)O)C(=O)[O-].[NH4+]. The highest BCUT2D eigenvalue weighted by molar-refractivity contribution is 5.80. The third kappa shape index (κ3) is 10.1. The molecule has 0 aromatic rings. The van der Waals surface area contributed by atoms with Gasteiger partial charge in [0, 0.05) is 11.4 Å². The maximum atomic E-state index is 11.5. The van der Waals surface area contributed by atoms with Crippen molar-refractivity contribution in [1.82, 2.24) is 6.15 Å². The Morgan fingerprint density at radius 1 is 0.808 bits per heavy atom. The Balaban J connectivity index is 0. The van der Waals surface area contributed by atoms with Crippen LogP contribution in [-0.4, -0.2) is 17.0 Å². The molecule has 0 aromatic carbocycles. The number of carboxylic acid groups (broad SMARTS) is 2. The minimum atomic E-state index is -1.34. The van der Waals surface area contributed by atoms with Crippen LogP contribution in [0.15, 0.2) is 0 Å². The zero-order chi connectivity index (χ0) is 19.3. The Morgan fingerprint density at radius 3 is 1.54 bits per heavy atom. The van der Waals surface area contributed by atoms with Crippen LogP contribution < -0.4 is 11.3 Å². The van der Waals surface area contributed by atoms with Gasteiger partial charge in [-0.3, -0.25) is 4.79 Å². The van der Waals surface area contributed by atoms with Crippen molar-refractivity contribution in [1.29, 1.82) is 0 Å². The number of unbranched alkanes of at least 4 members (excludes halogenated alkanes) is 10. The molecule has 0 fully saturated rings. The predicted octanol–water partition coefficient (Wildman–Crippen LogP) is 5.32. The number of hydrogen-bond donors (Lipinski definition) is 2. The molecule has 0 heterocycles. The standard InChI is InChI=1S/C21H40O4.H3N/c1-5-6-7-8-9-10-11-12-13-14-15-16-20(2,3)21(4,19(24)25)17-18(22)23;/h5-17H2,1-4H3,(H,22,23)(H,24,25);1H3. The van der Waals surface area contributed by atoms with Gasteiger partial charge in [-0.2, -0.15) is 0 Å². The summed E-state index contributed by atoms with van der Waals surface area (Å²) in [5.41, 5.74) is -1.93. The lowest BCUT2D eigenvalue weighted by molar-refractivity contribution is -0.324. The highest BCUT2D eigenvalue weighted by atomic mass is 16.4. The number of rotatable bonds is 16. The van der Waals surface area contributed by atoms with Gasteiger partial charge in [-0.15, -0.1) is 0 Å². The molecule has 0 saturated heterocycles. The molecule has 26 heavy (non-hydrogen) atoms. The summed E-state index contributed by atoms with van der Waals surface area (Å²) in [6.07, 6.45) is 14.0. The van der Waals surface area contributed by atoms with E-state index in [0.29, 0.717) is 6.42 Å². The minimum absolute atomic E-state index is 0. The topological polar surface area (TPSA) is 114 Å². The van der Waals surface area contributed by atoms with Crippen molar-refractivity contribution in [3.63, 3.8) is 0 Å². The zero-order valence-corrected chi connectivity index (χ0v) is 17.9. The quantitative estimate of drug-likeness (QED) is 0.356. The molecule has 0 rings (SSSR count). The molecular formula is C21H43NO4. The number of aliphatic carboxylic acids is 2. The van der Waals surface area contributed by atoms with Crippen molar-refractivity contribution in [2.45, 2.75) is 111 Å². The summed E-state index contributed by atoms with van der Waals surface area (Å²) in [6, 6.07) is 0. The molecule has 0 aliphatic rings. The molecule has 0 aliphatic heterocycles. The van der Waals surface area contributed by atoms with Crippen molar-refractivity contribution in [2.24, 2.45) is 10.8 Å². The van der Waals surface area contributed by atoms with E-state index in [0.717, 1.165) is 12.8 Å². The summed E-state index contributed by atoms with van der Waals surface area (Å²) >= 11 is 0. The molecule has 0 amide bonds. The number of carboxylic acids is 2. The maximum absolute atomic E-state index is 11.5. The Kier molecular flexibility index (Phi) is 14.6. The van der Waals surface area contributed by atoms with E-state index in [9.17, 15) is 14.7 Å². The second-order valence-corrected chi connectivity index (χ2v) is 8.36. The Bertz CT molecular complexity index is 395. The lowest BCUT2D eigenvalue weighted by Crippen LogP contribution is -2.50. The molecule has 5 heteroatoms. The molecule has 5 N–H and O–H groups in total. The first-order chi connectivity index (χ1) is 11.7. The Labute approximate surface area is 160 Å². The molecule has 1 unspecified atom stereocenters. The van der Waals surface area contributed by atoms with E-state index >= 15 is 0 Å². The summed E-state index contributed by atoms with van der Waals surface area (Å²) in [5.74, 6) is -2.35. The molecular weight excluding hydrogens is 330 g/mol. The summed E-state index contributed by atoms with van der Waals surface area (Å²) in [7, 11) is 0. The number of carbonyl (C=O) groups excluding carboxylic acids is 1. The van der Waals surface area contributed by atoms with E-state index in [1.807, 2.05) is 13.8 Å². The lowest BCUT2D eigenvalue weighted by atomic mass is 9.62. The first-order valence-electron chi connectivity index (χ1n) is 10.1. The molecule has 5 nitrogen and oxygen atoms in total. The number of hydrogen-bond acceptors (Lipinski definition) is 3. The Morgan fingerprint density at radius 2 is 1.19 bits per heavy atom. The first-order valence-corrected chi connectivity index (χ1v) is 10.1. The second-order valence-electron chi connectivity index (χ2n) is 8.36. The van der Waals surface area contributed by atoms with Gasteiger partial charge in [0.05, 0.1) is 6.42 Å². The van der Waals surface area contributed by atoms with Crippen LogP contribution in [0.25, 0.3) is 0 Å². The highest BCUT2D eigenvalue weighted by Gasteiger charge is 2.43. The van der Waals surface area contributed by atoms with Crippen LogP contribution in [0.1, 0.15) is 111 Å². The summed E-state index contributed by atoms with van der Waals surface area (Å²) in [6.45, 7) is 7.44. The van der Waals surface area contributed by atoms with E-state index in [1.165, 1.54) is 64.7 Å². The summed E-state index contributed by atoms with van der Waals surface area (Å²) < 4.78 is 0. The average molecular weight is 374 g/mol. The molecule has 156 valence electrons. The van der Waals surface area contributed by atoms with Crippen molar-refractivity contribution in [2.75, 3.05) is 0 Å². The van der Waals surface area contributed by atoms with Crippen LogP contribution in [0.5, 0.6) is 0 Å². The van der Waals surface area contributed by atoms with Gasteiger partial charge in [0.2, 0.25) is 0 Å². The van der Waals surface area contributed by atoms with E-state index in [1.54, 1.807) is 0 Å². The first kappa shape index (κ1) is 27.1. The maximum Gasteiger partial charge on any atom is 0.304 e. The fourth-order valence-corrected chi connectivity index (χ4v) is 3.40. The van der Waals surface area contributed by atoms with Crippen LogP contribution >= 0.6 is 0 Å². The third-order valence-electron chi connectivity index (χ3n) is 5.85. The van der Waals surface area contributed by atoms with Gasteiger partial charge in [-0.05, 0) is 11.8 Å². The number of carbonyl (C=O) groups is 2. The van der Waals surface area contributed by atoms with Gasteiger partial charge < -0.3 is 21.2 Å². The summed E-state index contributed by atoms with van der Waals surface area (Å²) in [4.78, 5) is 22.6. The highest BCUT2D eigenvalue weighted by Crippen LogP contribution is 2.45. The van der Waals surface area contributed by atoms with E-state index in [4.69, 9.17) is 5.11 Å². The molecule has 0 aromatic heterocycles. The van der Waals surface area contributed by atoms with E-state index in [-0.39, 0.29) is 12.6 Å². The average Bonchev–Trinajstić information content (AvgIpc) is 2.51. The molecule has 0 bridgehead atoms. The molecule has 0 radical (unpaired) electrons. The fourth-order valence-electron chi connectivity index (χ4n) is 3.40. The van der Waals surface area contributed by atoms with Crippen molar-refractivity contribution in [3.8, 4) is 0 Å². The molecule has 0 aliphatic carbocycles. The van der Waals surface area contributed by atoms with Gasteiger partial charge in [-0.25, -0.2) is 0 Å². The summed E-state index contributed by atoms with van der Waals surface area (Å²) in [5, 5.41) is 20.6. The zero-order valence-electron chi connectivity index (χ0n) is 17.9. The van der Waals surface area contributed by atoms with Crippen molar-refractivity contribution in [3.05, 3.63) is 0 Å². The fraction of sp³-hybridized carbons (Fsp3) is 0.905. The molecule has 1 atom stereocenters.